The van der Waals surface area contributed by atoms with Gasteiger partial charge in [-0.1, -0.05) is 66.5 Å². The summed E-state index contributed by atoms with van der Waals surface area (Å²) in [6.07, 6.45) is 14.3. The number of fused-ring (bicyclic) bond motifs is 7. The number of unbranched alkanes of at least 4 members (excludes halogenated alkanes) is 2. The van der Waals surface area contributed by atoms with Crippen LogP contribution < -0.4 is 10.6 Å². The number of hydrogen-bond acceptors (Lipinski definition) is 6. The highest BCUT2D eigenvalue weighted by Gasteiger charge is 2.69. The fraction of sp³-hybridized carbons (Fsp3) is 0.833. The maximum Gasteiger partial charge on any atom is 0.322 e. The molecule has 4 saturated carbocycles. The van der Waals surface area contributed by atoms with Gasteiger partial charge in [0.1, 0.15) is 12.6 Å². The lowest BCUT2D eigenvalue weighted by atomic mass is 9.33. The molecule has 0 bridgehead atoms. The minimum Gasteiger partial charge on any atom is -0.481 e. The number of hydrogen-bond donors (Lipinski definition) is 4. The average molecular weight is 727 g/mol. The van der Waals surface area contributed by atoms with Crippen molar-refractivity contribution in [2.24, 2.45) is 50.2 Å². The van der Waals surface area contributed by atoms with Crippen LogP contribution in [0.15, 0.2) is 11.6 Å². The molecular formula is C42H66N2O8. The highest BCUT2D eigenvalue weighted by molar-refractivity contribution is 5.84. The Hall–Kier alpha value is -2.91. The van der Waals surface area contributed by atoms with Crippen LogP contribution >= 0.6 is 0 Å². The predicted molar refractivity (Wildman–Crippen MR) is 198 cm³/mol. The molecule has 0 spiro atoms. The summed E-state index contributed by atoms with van der Waals surface area (Å²) in [6.45, 7) is 17.0. The molecule has 0 aliphatic heterocycles. The van der Waals surface area contributed by atoms with Crippen LogP contribution in [0.4, 0.5) is 0 Å². The summed E-state index contributed by atoms with van der Waals surface area (Å²) in [5, 5.41) is 23.6. The zero-order valence-corrected chi connectivity index (χ0v) is 33.0. The van der Waals surface area contributed by atoms with Crippen LogP contribution in [-0.2, 0) is 28.7 Å². The topological polar surface area (TPSA) is 159 Å². The largest absolute Gasteiger partial charge is 0.481 e. The van der Waals surface area contributed by atoms with Crippen molar-refractivity contribution in [3.8, 4) is 0 Å². The molecule has 0 heterocycles. The maximum atomic E-state index is 14.4. The Labute approximate surface area is 311 Å². The van der Waals surface area contributed by atoms with E-state index in [4.69, 9.17) is 14.9 Å². The highest BCUT2D eigenvalue weighted by atomic mass is 16.5. The van der Waals surface area contributed by atoms with E-state index in [1.54, 1.807) is 0 Å². The van der Waals surface area contributed by atoms with E-state index in [2.05, 4.69) is 65.2 Å². The number of amides is 2. The van der Waals surface area contributed by atoms with Crippen LogP contribution in [0.1, 0.15) is 151 Å². The number of ether oxygens (including phenoxy) is 1. The molecule has 4 fully saturated rings. The molecule has 5 aliphatic carbocycles. The summed E-state index contributed by atoms with van der Waals surface area (Å²) < 4.78 is 6.02. The molecule has 0 unspecified atom stereocenters. The summed E-state index contributed by atoms with van der Waals surface area (Å²) in [4.78, 5) is 60.7. The summed E-state index contributed by atoms with van der Waals surface area (Å²) in [6, 6.07) is 0. The van der Waals surface area contributed by atoms with Gasteiger partial charge in [0.15, 0.2) is 0 Å². The zero-order valence-electron chi connectivity index (χ0n) is 33.0. The van der Waals surface area contributed by atoms with Gasteiger partial charge in [0.25, 0.3) is 0 Å². The van der Waals surface area contributed by atoms with Gasteiger partial charge in [-0.15, -0.1) is 0 Å². The van der Waals surface area contributed by atoms with Crippen LogP contribution in [0.25, 0.3) is 0 Å². The number of nitrogens with one attached hydrogen (secondary N) is 2. The molecular weight excluding hydrogens is 660 g/mol. The fourth-order valence-electron chi connectivity index (χ4n) is 12.5. The number of carbonyl (C=O) groups is 5. The second-order valence-electron chi connectivity index (χ2n) is 19.3. The molecule has 0 radical (unpaired) electrons. The summed E-state index contributed by atoms with van der Waals surface area (Å²) in [7, 11) is 0. The molecule has 0 aromatic heterocycles. The van der Waals surface area contributed by atoms with Gasteiger partial charge in [-0.05, 0) is 116 Å². The molecule has 0 aromatic carbocycles. The standard InChI is InChI=1S/C42H66N2O8/c1-37(2)20-22-42(36(51)43-24-10-8-9-11-32(45)44-26-34(48)49)23-21-40(6)27(28(42)25-37)12-13-30-39(5)18-17-31(52-35(50)15-14-33(46)47)38(3,4)29(39)16-19-41(30,40)7/h12,28-31H,8-11,13-26H2,1-7H3,(H,43,51)(H,44,45)(H,46,47)(H,48,49)/t28-,29-,30+,31-,39-,40+,41+,42-/m0/s1. The van der Waals surface area contributed by atoms with Gasteiger partial charge < -0.3 is 25.6 Å². The van der Waals surface area contributed by atoms with Crippen molar-refractivity contribution in [3.63, 3.8) is 0 Å². The normalized spacial score (nSPS) is 37.1. The Morgan fingerprint density at radius 1 is 0.769 bits per heavy atom. The molecule has 5 aliphatic rings. The first kappa shape index (κ1) is 40.3. The monoisotopic (exact) mass is 726 g/mol. The van der Waals surface area contributed by atoms with Gasteiger partial charge >= 0.3 is 17.9 Å². The van der Waals surface area contributed by atoms with E-state index in [1.165, 1.54) is 5.57 Å². The smallest absolute Gasteiger partial charge is 0.322 e. The van der Waals surface area contributed by atoms with E-state index in [1.807, 2.05) is 0 Å². The molecule has 5 rings (SSSR count). The van der Waals surface area contributed by atoms with Crippen LogP contribution in [0.5, 0.6) is 0 Å². The van der Waals surface area contributed by atoms with E-state index >= 15 is 0 Å². The van der Waals surface area contributed by atoms with Crippen molar-refractivity contribution < 1.29 is 38.9 Å². The second-order valence-corrected chi connectivity index (χ2v) is 19.3. The van der Waals surface area contributed by atoms with Crippen molar-refractivity contribution in [3.05, 3.63) is 11.6 Å². The molecule has 8 atom stereocenters. The summed E-state index contributed by atoms with van der Waals surface area (Å²) in [5.74, 6) is -1.46. The number of carbonyl (C=O) groups excluding carboxylic acids is 3. The molecule has 4 N–H and O–H groups in total. The third kappa shape index (κ3) is 7.30. The van der Waals surface area contributed by atoms with Gasteiger partial charge in [-0.25, -0.2) is 0 Å². The molecule has 52 heavy (non-hydrogen) atoms. The van der Waals surface area contributed by atoms with E-state index in [0.717, 1.165) is 77.0 Å². The predicted octanol–water partition coefficient (Wildman–Crippen LogP) is 7.44. The van der Waals surface area contributed by atoms with Gasteiger partial charge in [-0.2, -0.15) is 0 Å². The molecule has 292 valence electrons. The Morgan fingerprint density at radius 3 is 2.17 bits per heavy atom. The third-order valence-corrected chi connectivity index (χ3v) is 15.6. The highest BCUT2D eigenvalue weighted by Crippen LogP contribution is 2.75. The average Bonchev–Trinajstić information content (AvgIpc) is 3.05. The summed E-state index contributed by atoms with van der Waals surface area (Å²) >= 11 is 0. The van der Waals surface area contributed by atoms with Gasteiger partial charge in [0, 0.05) is 18.4 Å². The lowest BCUT2D eigenvalue weighted by molar-refractivity contribution is -0.213. The zero-order chi connectivity index (χ0) is 38.3. The number of allylic oxidation sites excluding steroid dienone is 2. The molecule has 2 amide bonds. The fourth-order valence-corrected chi connectivity index (χ4v) is 12.5. The van der Waals surface area contributed by atoms with Crippen LogP contribution in [0.3, 0.4) is 0 Å². The van der Waals surface area contributed by atoms with Crippen molar-refractivity contribution >= 4 is 29.7 Å². The lowest BCUT2D eigenvalue weighted by Gasteiger charge is -2.71. The van der Waals surface area contributed by atoms with Crippen molar-refractivity contribution in [1.82, 2.24) is 10.6 Å². The molecule has 10 heteroatoms. The van der Waals surface area contributed by atoms with E-state index in [0.29, 0.717) is 24.8 Å². The minimum atomic E-state index is -1.05. The first-order valence-corrected chi connectivity index (χ1v) is 20.1. The van der Waals surface area contributed by atoms with Gasteiger partial charge in [0.2, 0.25) is 11.8 Å². The van der Waals surface area contributed by atoms with Crippen LogP contribution in [-0.4, -0.2) is 59.1 Å². The SMILES string of the molecule is CC1(C)CC[C@]2(C(=O)NCCCCCC(=O)NCC(=O)O)CC[C@]3(C)C(=CC[C@@H]4[C@@]5(C)CC[C@H](OC(=O)CCC(=O)O)C(C)(C)[C@@H]5CC[C@]43C)[C@@H]2C1. The van der Waals surface area contributed by atoms with Gasteiger partial charge in [-0.3, -0.25) is 24.0 Å². The molecule has 10 nitrogen and oxygen atoms in total. The first-order chi connectivity index (χ1) is 24.2. The second kappa shape index (κ2) is 14.7. The number of carboxylic acids is 2. The number of esters is 1. The quantitative estimate of drug-likeness (QED) is 0.0866. The third-order valence-electron chi connectivity index (χ3n) is 15.6. The van der Waals surface area contributed by atoms with E-state index in [9.17, 15) is 24.0 Å². The minimum absolute atomic E-state index is 0.0166. The maximum absolute atomic E-state index is 14.4. The van der Waals surface area contributed by atoms with E-state index in [-0.39, 0.29) is 76.7 Å². The summed E-state index contributed by atoms with van der Waals surface area (Å²) in [5.41, 5.74) is 1.17. The molecule has 0 saturated heterocycles. The number of carboxylic acid groups (broad SMARTS) is 2. The first-order valence-electron chi connectivity index (χ1n) is 20.1. The Bertz CT molecular complexity index is 1450. The Balaban J connectivity index is 1.31. The van der Waals surface area contributed by atoms with Crippen molar-refractivity contribution in [2.45, 2.75) is 157 Å². The lowest BCUT2D eigenvalue weighted by Crippen LogP contribution is -2.65. The van der Waals surface area contributed by atoms with Crippen molar-refractivity contribution in [2.75, 3.05) is 13.1 Å². The van der Waals surface area contributed by atoms with Crippen LogP contribution in [0.2, 0.25) is 0 Å². The molecule has 0 aromatic rings. The van der Waals surface area contributed by atoms with E-state index < -0.39 is 23.3 Å². The Morgan fingerprint density at radius 2 is 1.48 bits per heavy atom. The Kier molecular flexibility index (Phi) is 11.4. The van der Waals surface area contributed by atoms with Crippen molar-refractivity contribution in [1.29, 1.82) is 0 Å². The van der Waals surface area contributed by atoms with Gasteiger partial charge in [0.05, 0.1) is 18.3 Å². The number of rotatable bonds is 13. The number of aliphatic carboxylic acids is 2. The van der Waals surface area contributed by atoms with Crippen LogP contribution in [0, 0.1) is 50.2 Å².